The summed E-state index contributed by atoms with van der Waals surface area (Å²) in [5.74, 6) is 0. The number of rotatable bonds is 5. The van der Waals surface area contributed by atoms with Crippen LogP contribution in [0.25, 0.3) is 0 Å². The van der Waals surface area contributed by atoms with Gasteiger partial charge in [0.1, 0.15) is 0 Å². The molecule has 2 nitrogen and oxygen atoms in total. The van der Waals surface area contributed by atoms with E-state index < -0.39 is 0 Å². The highest BCUT2D eigenvalue weighted by atomic mass is 16.3. The molecule has 0 aromatic rings. The predicted octanol–water partition coefficient (Wildman–Crippen LogP) is 0.886. The van der Waals surface area contributed by atoms with Crippen molar-refractivity contribution >= 4 is 0 Å². The van der Waals surface area contributed by atoms with E-state index in [4.69, 9.17) is 10.8 Å². The number of aliphatic hydroxyl groups is 1. The van der Waals surface area contributed by atoms with Gasteiger partial charge in [0, 0.05) is 6.54 Å². The lowest BCUT2D eigenvalue weighted by atomic mass is 10.1. The van der Waals surface area contributed by atoms with E-state index in [1.165, 1.54) is 12.8 Å². The zero-order chi connectivity index (χ0) is 7.11. The summed E-state index contributed by atoms with van der Waals surface area (Å²) in [6.45, 7) is 2.55. The molecule has 0 aliphatic carbocycles. The van der Waals surface area contributed by atoms with Crippen molar-refractivity contribution in [1.29, 1.82) is 0 Å². The molecule has 0 saturated carbocycles. The summed E-state index contributed by atoms with van der Waals surface area (Å²) in [7, 11) is 0. The Morgan fingerprint density at radius 2 is 2.11 bits per heavy atom. The first-order valence-electron chi connectivity index (χ1n) is 3.69. The maximum absolute atomic E-state index is 8.96. The third-order valence-electron chi connectivity index (χ3n) is 1.41. The Bertz CT molecular complexity index is 56.9. The van der Waals surface area contributed by atoms with E-state index in [9.17, 15) is 0 Å². The average molecular weight is 131 g/mol. The summed E-state index contributed by atoms with van der Waals surface area (Å²) in [4.78, 5) is 0. The van der Waals surface area contributed by atoms with Crippen LogP contribution in [0.3, 0.4) is 0 Å². The van der Waals surface area contributed by atoms with Crippen LogP contribution < -0.4 is 5.73 Å². The van der Waals surface area contributed by atoms with E-state index >= 15 is 0 Å². The molecule has 0 saturated heterocycles. The van der Waals surface area contributed by atoms with E-state index in [-0.39, 0.29) is 6.10 Å². The van der Waals surface area contributed by atoms with Gasteiger partial charge in [0.25, 0.3) is 0 Å². The van der Waals surface area contributed by atoms with E-state index in [2.05, 4.69) is 6.92 Å². The summed E-state index contributed by atoms with van der Waals surface area (Å²) < 4.78 is 0. The zero-order valence-electron chi connectivity index (χ0n) is 6.14. The summed E-state index contributed by atoms with van der Waals surface area (Å²) in [6, 6.07) is 0. The fourth-order valence-corrected chi connectivity index (χ4v) is 0.748. The molecule has 0 amide bonds. The number of nitrogens with two attached hydrogens (primary N) is 1. The monoisotopic (exact) mass is 131 g/mol. The van der Waals surface area contributed by atoms with Gasteiger partial charge >= 0.3 is 0 Å². The summed E-state index contributed by atoms with van der Waals surface area (Å²) in [5, 5.41) is 8.96. The molecule has 56 valence electrons. The third-order valence-corrected chi connectivity index (χ3v) is 1.41. The Hall–Kier alpha value is -0.0800. The number of hydrogen-bond acceptors (Lipinski definition) is 2. The molecule has 0 aliphatic rings. The fraction of sp³-hybridized carbons (Fsp3) is 1.00. The number of unbranched alkanes of at least 4 members (excludes halogenated alkanes) is 2. The molecule has 0 aromatic heterocycles. The Labute approximate surface area is 57.1 Å². The molecule has 0 heterocycles. The molecule has 0 radical (unpaired) electrons. The maximum atomic E-state index is 8.96. The van der Waals surface area contributed by atoms with E-state index in [0.717, 1.165) is 12.8 Å². The van der Waals surface area contributed by atoms with Crippen molar-refractivity contribution in [2.45, 2.75) is 38.7 Å². The van der Waals surface area contributed by atoms with Crippen LogP contribution >= 0.6 is 0 Å². The second-order valence-electron chi connectivity index (χ2n) is 2.39. The maximum Gasteiger partial charge on any atom is 0.0662 e. The van der Waals surface area contributed by atoms with E-state index in [1.807, 2.05) is 0 Å². The minimum absolute atomic E-state index is 0.267. The van der Waals surface area contributed by atoms with Crippen LogP contribution in [0.2, 0.25) is 0 Å². The van der Waals surface area contributed by atoms with Crippen molar-refractivity contribution in [2.24, 2.45) is 5.73 Å². The van der Waals surface area contributed by atoms with Crippen molar-refractivity contribution in [3.05, 3.63) is 0 Å². The molecule has 0 rings (SSSR count). The number of aliphatic hydroxyl groups excluding tert-OH is 1. The molecule has 0 spiro atoms. The van der Waals surface area contributed by atoms with E-state index in [0.29, 0.717) is 6.54 Å². The predicted molar refractivity (Wildman–Crippen MR) is 39.2 cm³/mol. The standard InChI is InChI=1S/C7H17NO/c1-2-3-4-5-7(9)6-8/h7,9H,2-6,8H2,1H3/t7-/m0/s1. The smallest absolute Gasteiger partial charge is 0.0662 e. The van der Waals surface area contributed by atoms with Gasteiger partial charge in [-0.05, 0) is 6.42 Å². The molecule has 9 heavy (non-hydrogen) atoms. The van der Waals surface area contributed by atoms with Gasteiger partial charge in [-0.2, -0.15) is 0 Å². The Morgan fingerprint density at radius 1 is 1.44 bits per heavy atom. The van der Waals surface area contributed by atoms with E-state index in [1.54, 1.807) is 0 Å². The quantitative estimate of drug-likeness (QED) is 0.544. The Balaban J connectivity index is 2.88. The topological polar surface area (TPSA) is 46.2 Å². The highest BCUT2D eigenvalue weighted by molar-refractivity contribution is 4.54. The Morgan fingerprint density at radius 3 is 2.56 bits per heavy atom. The largest absolute Gasteiger partial charge is 0.392 e. The van der Waals surface area contributed by atoms with Gasteiger partial charge < -0.3 is 10.8 Å². The SMILES string of the molecule is CCCCC[C@H](O)CN. The molecule has 0 unspecified atom stereocenters. The zero-order valence-corrected chi connectivity index (χ0v) is 6.14. The van der Waals surface area contributed by atoms with Gasteiger partial charge in [0.2, 0.25) is 0 Å². The van der Waals surface area contributed by atoms with Crippen LogP contribution in [0, 0.1) is 0 Å². The first-order chi connectivity index (χ1) is 4.31. The van der Waals surface area contributed by atoms with Gasteiger partial charge in [-0.25, -0.2) is 0 Å². The fourth-order valence-electron chi connectivity index (χ4n) is 0.748. The van der Waals surface area contributed by atoms with Gasteiger partial charge in [0.15, 0.2) is 0 Å². The van der Waals surface area contributed by atoms with Crippen molar-refractivity contribution in [1.82, 2.24) is 0 Å². The summed E-state index contributed by atoms with van der Waals surface area (Å²) in [5.41, 5.74) is 5.20. The van der Waals surface area contributed by atoms with Gasteiger partial charge in [-0.1, -0.05) is 26.2 Å². The molecular formula is C7H17NO. The van der Waals surface area contributed by atoms with Crippen LogP contribution in [0.5, 0.6) is 0 Å². The summed E-state index contributed by atoms with van der Waals surface area (Å²) in [6.07, 6.45) is 4.12. The summed E-state index contributed by atoms with van der Waals surface area (Å²) >= 11 is 0. The lowest BCUT2D eigenvalue weighted by Crippen LogP contribution is -2.19. The average Bonchev–Trinajstić information content (AvgIpc) is 1.89. The van der Waals surface area contributed by atoms with Crippen LogP contribution in [-0.4, -0.2) is 17.8 Å². The number of hydrogen-bond donors (Lipinski definition) is 2. The normalized spacial score (nSPS) is 13.7. The molecule has 0 bridgehead atoms. The second-order valence-corrected chi connectivity index (χ2v) is 2.39. The van der Waals surface area contributed by atoms with Gasteiger partial charge in [-0.3, -0.25) is 0 Å². The highest BCUT2D eigenvalue weighted by Crippen LogP contribution is 2.01. The first kappa shape index (κ1) is 8.92. The second kappa shape index (κ2) is 6.05. The lowest BCUT2D eigenvalue weighted by Gasteiger charge is -2.04. The van der Waals surface area contributed by atoms with Crippen molar-refractivity contribution in [3.8, 4) is 0 Å². The molecule has 2 heteroatoms. The first-order valence-corrected chi connectivity index (χ1v) is 3.69. The van der Waals surface area contributed by atoms with Crippen LogP contribution in [0.15, 0.2) is 0 Å². The van der Waals surface area contributed by atoms with Crippen LogP contribution in [0.4, 0.5) is 0 Å². The lowest BCUT2D eigenvalue weighted by molar-refractivity contribution is 0.169. The molecule has 0 aliphatic heterocycles. The highest BCUT2D eigenvalue weighted by Gasteiger charge is 1.97. The van der Waals surface area contributed by atoms with Crippen molar-refractivity contribution in [2.75, 3.05) is 6.54 Å². The van der Waals surface area contributed by atoms with Crippen LogP contribution in [-0.2, 0) is 0 Å². The molecule has 0 fully saturated rings. The van der Waals surface area contributed by atoms with Crippen LogP contribution in [0.1, 0.15) is 32.6 Å². The molecular weight excluding hydrogens is 114 g/mol. The molecule has 0 aromatic carbocycles. The van der Waals surface area contributed by atoms with Gasteiger partial charge in [-0.15, -0.1) is 0 Å². The van der Waals surface area contributed by atoms with Crippen molar-refractivity contribution in [3.63, 3.8) is 0 Å². The molecule has 1 atom stereocenters. The van der Waals surface area contributed by atoms with Crippen molar-refractivity contribution < 1.29 is 5.11 Å². The minimum Gasteiger partial charge on any atom is -0.392 e. The minimum atomic E-state index is -0.267. The van der Waals surface area contributed by atoms with Gasteiger partial charge in [0.05, 0.1) is 6.10 Å². The third kappa shape index (κ3) is 5.80. The molecule has 3 N–H and O–H groups in total. The Kier molecular flexibility index (Phi) is 5.99.